The van der Waals surface area contributed by atoms with Crippen LogP contribution in [0.25, 0.3) is 0 Å². The van der Waals surface area contributed by atoms with E-state index in [1.165, 1.54) is 6.92 Å². The van der Waals surface area contributed by atoms with Crippen molar-refractivity contribution in [1.29, 1.82) is 0 Å². The van der Waals surface area contributed by atoms with Crippen LogP contribution < -0.4 is 16.8 Å². The predicted molar refractivity (Wildman–Crippen MR) is 44.9 cm³/mol. The standard InChI is InChI=1S/C7H17F2N3/c1-2-7(8,9)5-12-4-3-6(10)11/h6,12H,2-5,10-11H2,1H3. The lowest BCUT2D eigenvalue weighted by Crippen LogP contribution is -2.37. The van der Waals surface area contributed by atoms with Gasteiger partial charge in [-0.1, -0.05) is 6.92 Å². The Kier molecular flexibility index (Phi) is 5.28. The summed E-state index contributed by atoms with van der Waals surface area (Å²) in [5.74, 6) is -2.61. The molecule has 0 aromatic heterocycles. The first kappa shape index (κ1) is 11.7. The minimum atomic E-state index is -2.61. The van der Waals surface area contributed by atoms with Gasteiger partial charge in [0.25, 0.3) is 5.92 Å². The molecule has 3 nitrogen and oxygen atoms in total. The van der Waals surface area contributed by atoms with E-state index in [0.29, 0.717) is 13.0 Å². The highest BCUT2D eigenvalue weighted by Gasteiger charge is 2.24. The van der Waals surface area contributed by atoms with Crippen LogP contribution in [-0.4, -0.2) is 25.2 Å². The third kappa shape index (κ3) is 6.45. The topological polar surface area (TPSA) is 64.1 Å². The summed E-state index contributed by atoms with van der Waals surface area (Å²) in [7, 11) is 0. The van der Waals surface area contributed by atoms with Crippen molar-refractivity contribution in [1.82, 2.24) is 5.32 Å². The van der Waals surface area contributed by atoms with Gasteiger partial charge in [0.1, 0.15) is 0 Å². The molecule has 0 aliphatic rings. The summed E-state index contributed by atoms with van der Waals surface area (Å²) in [6, 6.07) is 0. The fourth-order valence-electron chi connectivity index (χ4n) is 0.665. The van der Waals surface area contributed by atoms with Crippen molar-refractivity contribution >= 4 is 0 Å². The van der Waals surface area contributed by atoms with E-state index in [2.05, 4.69) is 5.32 Å². The Morgan fingerprint density at radius 2 is 2.00 bits per heavy atom. The van der Waals surface area contributed by atoms with Crippen LogP contribution >= 0.6 is 0 Å². The van der Waals surface area contributed by atoms with E-state index in [1.807, 2.05) is 0 Å². The SMILES string of the molecule is CCC(F)(F)CNCCC(N)N. The molecular formula is C7H17F2N3. The Labute approximate surface area is 71.5 Å². The summed E-state index contributed by atoms with van der Waals surface area (Å²) >= 11 is 0. The molecule has 0 unspecified atom stereocenters. The van der Waals surface area contributed by atoms with Crippen molar-refractivity contribution in [3.05, 3.63) is 0 Å². The Bertz CT molecular complexity index is 117. The van der Waals surface area contributed by atoms with Crippen LogP contribution in [0, 0.1) is 0 Å². The Morgan fingerprint density at radius 3 is 2.42 bits per heavy atom. The van der Waals surface area contributed by atoms with Gasteiger partial charge in [0, 0.05) is 6.42 Å². The van der Waals surface area contributed by atoms with E-state index >= 15 is 0 Å². The highest BCUT2D eigenvalue weighted by Crippen LogP contribution is 2.15. The molecule has 0 heterocycles. The van der Waals surface area contributed by atoms with Crippen LogP contribution in [0.15, 0.2) is 0 Å². The van der Waals surface area contributed by atoms with Crippen molar-refractivity contribution in [3.63, 3.8) is 0 Å². The van der Waals surface area contributed by atoms with E-state index in [4.69, 9.17) is 11.5 Å². The lowest BCUT2D eigenvalue weighted by Gasteiger charge is -2.15. The number of nitrogens with two attached hydrogens (primary N) is 2. The summed E-state index contributed by atoms with van der Waals surface area (Å²) in [6.45, 7) is 1.60. The van der Waals surface area contributed by atoms with Gasteiger partial charge in [-0.2, -0.15) is 0 Å². The summed E-state index contributed by atoms with van der Waals surface area (Å²) in [6.07, 6.45) is -0.0539. The van der Waals surface area contributed by atoms with Crippen LogP contribution in [-0.2, 0) is 0 Å². The smallest absolute Gasteiger partial charge is 0.260 e. The number of halogens is 2. The second kappa shape index (κ2) is 5.40. The van der Waals surface area contributed by atoms with Crippen LogP contribution in [0.3, 0.4) is 0 Å². The van der Waals surface area contributed by atoms with Gasteiger partial charge in [-0.3, -0.25) is 0 Å². The summed E-state index contributed by atoms with van der Waals surface area (Å²) in [4.78, 5) is 0. The van der Waals surface area contributed by atoms with Gasteiger partial charge >= 0.3 is 0 Å². The molecule has 0 fully saturated rings. The Balaban J connectivity index is 3.31. The monoisotopic (exact) mass is 181 g/mol. The fraction of sp³-hybridized carbons (Fsp3) is 1.00. The number of hydrogen-bond acceptors (Lipinski definition) is 3. The number of hydrogen-bond donors (Lipinski definition) is 3. The maximum absolute atomic E-state index is 12.6. The molecule has 0 aliphatic carbocycles. The molecule has 74 valence electrons. The molecule has 0 aromatic carbocycles. The number of nitrogens with one attached hydrogen (secondary N) is 1. The summed E-state index contributed by atoms with van der Waals surface area (Å²) in [5, 5.41) is 2.60. The van der Waals surface area contributed by atoms with E-state index in [1.54, 1.807) is 0 Å². The third-order valence-corrected chi connectivity index (χ3v) is 1.56. The quantitative estimate of drug-likeness (QED) is 0.406. The van der Waals surface area contributed by atoms with Gasteiger partial charge in [0.15, 0.2) is 0 Å². The molecule has 0 amide bonds. The van der Waals surface area contributed by atoms with Crippen molar-refractivity contribution in [2.75, 3.05) is 13.1 Å². The van der Waals surface area contributed by atoms with Crippen molar-refractivity contribution in [2.45, 2.75) is 31.9 Å². The van der Waals surface area contributed by atoms with Crippen molar-refractivity contribution in [3.8, 4) is 0 Å². The molecule has 0 atom stereocenters. The van der Waals surface area contributed by atoms with Gasteiger partial charge in [-0.05, 0) is 13.0 Å². The minimum Gasteiger partial charge on any atom is -0.316 e. The fourth-order valence-corrected chi connectivity index (χ4v) is 0.665. The molecule has 0 rings (SSSR count). The maximum atomic E-state index is 12.6. The van der Waals surface area contributed by atoms with Gasteiger partial charge in [-0.25, -0.2) is 8.78 Å². The van der Waals surface area contributed by atoms with Crippen LogP contribution in [0.5, 0.6) is 0 Å². The first-order valence-corrected chi connectivity index (χ1v) is 4.07. The maximum Gasteiger partial charge on any atom is 0.260 e. The Hall–Kier alpha value is -0.260. The van der Waals surface area contributed by atoms with Gasteiger partial charge in [-0.15, -0.1) is 0 Å². The minimum absolute atomic E-state index is 0.144. The van der Waals surface area contributed by atoms with Crippen LogP contribution in [0.4, 0.5) is 8.78 Å². The lowest BCUT2D eigenvalue weighted by molar-refractivity contribution is -0.00152. The normalized spacial score (nSPS) is 12.5. The number of rotatable bonds is 6. The molecule has 0 radical (unpaired) electrons. The predicted octanol–water partition coefficient (Wildman–Crippen LogP) is 0.255. The van der Waals surface area contributed by atoms with Crippen molar-refractivity contribution < 1.29 is 8.78 Å². The molecule has 0 saturated heterocycles. The highest BCUT2D eigenvalue weighted by molar-refractivity contribution is 4.67. The summed E-state index contributed by atoms with van der Waals surface area (Å²) in [5.41, 5.74) is 10.5. The second-order valence-corrected chi connectivity index (χ2v) is 2.84. The first-order chi connectivity index (χ1) is 5.48. The molecular weight excluding hydrogens is 164 g/mol. The molecule has 5 heteroatoms. The second-order valence-electron chi connectivity index (χ2n) is 2.84. The first-order valence-electron chi connectivity index (χ1n) is 4.07. The summed E-state index contributed by atoms with van der Waals surface area (Å²) < 4.78 is 25.1. The van der Waals surface area contributed by atoms with Crippen LogP contribution in [0.2, 0.25) is 0 Å². The Morgan fingerprint density at radius 1 is 1.42 bits per heavy atom. The van der Waals surface area contributed by atoms with Gasteiger partial charge < -0.3 is 16.8 Å². The molecule has 5 N–H and O–H groups in total. The molecule has 0 saturated carbocycles. The van der Waals surface area contributed by atoms with Gasteiger partial charge in [0.2, 0.25) is 0 Å². The van der Waals surface area contributed by atoms with E-state index in [9.17, 15) is 8.78 Å². The zero-order valence-corrected chi connectivity index (χ0v) is 7.32. The third-order valence-electron chi connectivity index (χ3n) is 1.56. The van der Waals surface area contributed by atoms with Gasteiger partial charge in [0.05, 0.1) is 12.7 Å². The molecule has 12 heavy (non-hydrogen) atoms. The van der Waals surface area contributed by atoms with E-state index in [0.717, 1.165) is 0 Å². The van der Waals surface area contributed by atoms with Crippen molar-refractivity contribution in [2.24, 2.45) is 11.5 Å². The molecule has 0 spiro atoms. The average molecular weight is 181 g/mol. The zero-order valence-electron chi connectivity index (χ0n) is 7.32. The number of alkyl halides is 2. The average Bonchev–Trinajstić information content (AvgIpc) is 1.98. The molecule has 0 bridgehead atoms. The highest BCUT2D eigenvalue weighted by atomic mass is 19.3. The largest absolute Gasteiger partial charge is 0.316 e. The molecule has 0 aromatic rings. The molecule has 0 aliphatic heterocycles. The van der Waals surface area contributed by atoms with Crippen LogP contribution in [0.1, 0.15) is 19.8 Å². The van der Waals surface area contributed by atoms with E-state index in [-0.39, 0.29) is 13.0 Å². The lowest BCUT2D eigenvalue weighted by atomic mass is 10.2. The zero-order chi connectivity index (χ0) is 9.61. The van der Waals surface area contributed by atoms with E-state index < -0.39 is 12.1 Å².